The van der Waals surface area contributed by atoms with E-state index >= 15 is 0 Å². The third kappa shape index (κ3) is 3.53. The summed E-state index contributed by atoms with van der Waals surface area (Å²) in [4.78, 5) is 14.3. The molecule has 19 heavy (non-hydrogen) atoms. The maximum Gasteiger partial charge on any atom is 0.241 e. The first-order valence-electron chi connectivity index (χ1n) is 6.87. The van der Waals surface area contributed by atoms with E-state index in [0.29, 0.717) is 5.92 Å². The summed E-state index contributed by atoms with van der Waals surface area (Å²) in [6.45, 7) is 5.96. The predicted octanol–water partition coefficient (Wildman–Crippen LogP) is 2.88. The van der Waals surface area contributed by atoms with Gasteiger partial charge in [-0.15, -0.1) is 0 Å². The second-order valence-corrected chi connectivity index (χ2v) is 5.39. The van der Waals surface area contributed by atoms with Crippen LogP contribution in [-0.4, -0.2) is 29.9 Å². The Kier molecular flexibility index (Phi) is 4.53. The molecule has 1 heterocycles. The second kappa shape index (κ2) is 6.15. The Labute approximate surface area is 113 Å². The molecule has 0 spiro atoms. The van der Waals surface area contributed by atoms with Crippen LogP contribution in [0.1, 0.15) is 26.7 Å². The van der Waals surface area contributed by atoms with Crippen LogP contribution in [0, 0.1) is 11.7 Å². The zero-order chi connectivity index (χ0) is 13.8. The summed E-state index contributed by atoms with van der Waals surface area (Å²) in [6.07, 6.45) is 2.34. The average molecular weight is 264 g/mol. The van der Waals surface area contributed by atoms with Crippen molar-refractivity contribution in [2.24, 2.45) is 5.92 Å². The minimum atomic E-state index is -0.393. The molecule has 1 saturated heterocycles. The average Bonchev–Trinajstić information content (AvgIpc) is 2.40. The SMILES string of the molecule is C[C@H]1CCCN([C@H](C)C(=O)Nc2ccccc2F)C1. The third-order valence-corrected chi connectivity index (χ3v) is 3.75. The summed E-state index contributed by atoms with van der Waals surface area (Å²) < 4.78 is 13.5. The van der Waals surface area contributed by atoms with Crippen molar-refractivity contribution in [3.8, 4) is 0 Å². The van der Waals surface area contributed by atoms with Crippen molar-refractivity contribution in [1.29, 1.82) is 0 Å². The number of carbonyl (C=O) groups is 1. The fourth-order valence-corrected chi connectivity index (χ4v) is 2.54. The Hall–Kier alpha value is -1.42. The number of rotatable bonds is 3. The molecule has 0 saturated carbocycles. The highest BCUT2D eigenvalue weighted by molar-refractivity contribution is 5.94. The highest BCUT2D eigenvalue weighted by atomic mass is 19.1. The predicted molar refractivity (Wildman–Crippen MR) is 74.5 cm³/mol. The van der Waals surface area contributed by atoms with E-state index in [-0.39, 0.29) is 17.6 Å². The van der Waals surface area contributed by atoms with Crippen LogP contribution in [0.4, 0.5) is 10.1 Å². The van der Waals surface area contributed by atoms with Crippen LogP contribution in [0.15, 0.2) is 24.3 Å². The van der Waals surface area contributed by atoms with E-state index < -0.39 is 5.82 Å². The Balaban J connectivity index is 1.97. The van der Waals surface area contributed by atoms with Crippen molar-refractivity contribution in [1.82, 2.24) is 4.90 Å². The van der Waals surface area contributed by atoms with E-state index in [2.05, 4.69) is 17.1 Å². The third-order valence-electron chi connectivity index (χ3n) is 3.75. The number of likely N-dealkylation sites (tertiary alicyclic amines) is 1. The van der Waals surface area contributed by atoms with Gasteiger partial charge in [-0.05, 0) is 44.4 Å². The second-order valence-electron chi connectivity index (χ2n) is 5.39. The molecule has 1 aliphatic rings. The summed E-state index contributed by atoms with van der Waals surface area (Å²) in [5, 5.41) is 2.67. The minimum absolute atomic E-state index is 0.140. The number of anilines is 1. The van der Waals surface area contributed by atoms with Crippen LogP contribution in [0.3, 0.4) is 0 Å². The van der Waals surface area contributed by atoms with Crippen molar-refractivity contribution in [2.75, 3.05) is 18.4 Å². The topological polar surface area (TPSA) is 32.3 Å². The van der Waals surface area contributed by atoms with Crippen LogP contribution >= 0.6 is 0 Å². The molecule has 0 radical (unpaired) electrons. The van der Waals surface area contributed by atoms with Gasteiger partial charge in [-0.2, -0.15) is 0 Å². The van der Waals surface area contributed by atoms with Gasteiger partial charge in [0.25, 0.3) is 0 Å². The van der Waals surface area contributed by atoms with Crippen molar-refractivity contribution < 1.29 is 9.18 Å². The van der Waals surface area contributed by atoms with Crippen LogP contribution in [-0.2, 0) is 4.79 Å². The molecule has 1 N–H and O–H groups in total. The summed E-state index contributed by atoms with van der Waals surface area (Å²) in [5.41, 5.74) is 0.254. The van der Waals surface area contributed by atoms with Crippen LogP contribution in [0.25, 0.3) is 0 Å². The molecule has 0 bridgehead atoms. The van der Waals surface area contributed by atoms with E-state index in [1.807, 2.05) is 6.92 Å². The van der Waals surface area contributed by atoms with E-state index in [9.17, 15) is 9.18 Å². The standard InChI is InChI=1S/C15H21FN2O/c1-11-6-5-9-18(10-11)12(2)15(19)17-14-8-4-3-7-13(14)16/h3-4,7-8,11-12H,5-6,9-10H2,1-2H3,(H,17,19)/t11-,12+/m0/s1. The smallest absolute Gasteiger partial charge is 0.241 e. The highest BCUT2D eigenvalue weighted by Crippen LogP contribution is 2.19. The monoisotopic (exact) mass is 264 g/mol. The largest absolute Gasteiger partial charge is 0.322 e. The lowest BCUT2D eigenvalue weighted by Crippen LogP contribution is -2.46. The van der Waals surface area contributed by atoms with E-state index in [1.54, 1.807) is 18.2 Å². The van der Waals surface area contributed by atoms with Gasteiger partial charge in [0.2, 0.25) is 5.91 Å². The molecular formula is C15H21FN2O. The number of nitrogens with one attached hydrogen (secondary N) is 1. The first kappa shape index (κ1) is 14.0. The van der Waals surface area contributed by atoms with Crippen molar-refractivity contribution in [2.45, 2.75) is 32.7 Å². The van der Waals surface area contributed by atoms with Gasteiger partial charge in [0.1, 0.15) is 5.82 Å². The lowest BCUT2D eigenvalue weighted by atomic mass is 9.99. The molecule has 1 fully saturated rings. The molecule has 2 rings (SSSR count). The van der Waals surface area contributed by atoms with E-state index in [4.69, 9.17) is 0 Å². The number of piperidine rings is 1. The van der Waals surface area contributed by atoms with Gasteiger partial charge in [0.05, 0.1) is 11.7 Å². The maximum atomic E-state index is 13.5. The van der Waals surface area contributed by atoms with E-state index in [0.717, 1.165) is 19.5 Å². The van der Waals surface area contributed by atoms with Gasteiger partial charge in [0.15, 0.2) is 0 Å². The van der Waals surface area contributed by atoms with Crippen molar-refractivity contribution in [3.63, 3.8) is 0 Å². The first-order valence-corrected chi connectivity index (χ1v) is 6.87. The number of hydrogen-bond donors (Lipinski definition) is 1. The Morgan fingerprint density at radius 2 is 2.21 bits per heavy atom. The number of halogens is 1. The molecule has 1 aliphatic heterocycles. The minimum Gasteiger partial charge on any atom is -0.322 e. The van der Waals surface area contributed by atoms with Crippen LogP contribution in [0.2, 0.25) is 0 Å². The molecule has 1 aromatic carbocycles. The summed E-state index contributed by atoms with van der Waals surface area (Å²) >= 11 is 0. The number of carbonyl (C=O) groups excluding carboxylic acids is 1. The molecule has 2 atom stereocenters. The number of amides is 1. The van der Waals surface area contributed by atoms with Crippen molar-refractivity contribution >= 4 is 11.6 Å². The first-order chi connectivity index (χ1) is 9.08. The molecule has 0 aliphatic carbocycles. The maximum absolute atomic E-state index is 13.5. The number of nitrogens with zero attached hydrogens (tertiary/aromatic N) is 1. The highest BCUT2D eigenvalue weighted by Gasteiger charge is 2.25. The molecule has 4 heteroatoms. The lowest BCUT2D eigenvalue weighted by Gasteiger charge is -2.34. The van der Waals surface area contributed by atoms with Gasteiger partial charge < -0.3 is 5.32 Å². The van der Waals surface area contributed by atoms with Gasteiger partial charge in [-0.1, -0.05) is 19.1 Å². The normalized spacial score (nSPS) is 21.9. The lowest BCUT2D eigenvalue weighted by molar-refractivity contribution is -0.121. The van der Waals surface area contributed by atoms with Gasteiger partial charge in [-0.25, -0.2) is 4.39 Å². The Bertz CT molecular complexity index is 450. The summed E-state index contributed by atoms with van der Waals surface area (Å²) in [7, 11) is 0. The molecule has 1 aromatic rings. The Morgan fingerprint density at radius 3 is 2.89 bits per heavy atom. The Morgan fingerprint density at radius 1 is 1.47 bits per heavy atom. The molecule has 3 nitrogen and oxygen atoms in total. The number of hydrogen-bond acceptors (Lipinski definition) is 2. The quantitative estimate of drug-likeness (QED) is 0.910. The van der Waals surface area contributed by atoms with Gasteiger partial charge in [-0.3, -0.25) is 9.69 Å². The molecular weight excluding hydrogens is 243 g/mol. The number of benzene rings is 1. The zero-order valence-electron chi connectivity index (χ0n) is 11.5. The van der Waals surface area contributed by atoms with Gasteiger partial charge >= 0.3 is 0 Å². The number of para-hydroxylation sites is 1. The van der Waals surface area contributed by atoms with Crippen LogP contribution < -0.4 is 5.32 Å². The fraction of sp³-hybridized carbons (Fsp3) is 0.533. The molecule has 1 amide bonds. The van der Waals surface area contributed by atoms with Crippen LogP contribution in [0.5, 0.6) is 0 Å². The summed E-state index contributed by atoms with van der Waals surface area (Å²) in [6, 6.07) is 6.04. The van der Waals surface area contributed by atoms with Crippen molar-refractivity contribution in [3.05, 3.63) is 30.1 Å². The van der Waals surface area contributed by atoms with Gasteiger partial charge in [0, 0.05) is 6.54 Å². The fourth-order valence-electron chi connectivity index (χ4n) is 2.54. The summed E-state index contributed by atoms with van der Waals surface area (Å²) in [5.74, 6) is 0.0896. The van der Waals surface area contributed by atoms with E-state index in [1.165, 1.54) is 12.5 Å². The molecule has 0 unspecified atom stereocenters. The molecule has 104 valence electrons. The molecule has 0 aromatic heterocycles. The zero-order valence-corrected chi connectivity index (χ0v) is 11.5.